The van der Waals surface area contributed by atoms with Gasteiger partial charge in [-0.05, 0) is 24.9 Å². The Bertz CT molecular complexity index is 491. The molecule has 1 amide bonds. The lowest BCUT2D eigenvalue weighted by Gasteiger charge is -2.19. The molecule has 3 rings (SSSR count). The fourth-order valence-electron chi connectivity index (χ4n) is 3.12. The minimum Gasteiger partial charge on any atom is -0.338 e. The maximum atomic E-state index is 12.3. The van der Waals surface area contributed by atoms with Crippen LogP contribution in [0.2, 0.25) is 0 Å². The van der Waals surface area contributed by atoms with Gasteiger partial charge in [0.25, 0.3) is 5.91 Å². The minimum atomic E-state index is -0.175. The van der Waals surface area contributed by atoms with Gasteiger partial charge in [-0.15, -0.1) is 0 Å². The molecule has 18 heavy (non-hydrogen) atoms. The lowest BCUT2D eigenvalue weighted by Crippen LogP contribution is -2.32. The van der Waals surface area contributed by atoms with E-state index in [0.29, 0.717) is 17.4 Å². The number of aromatic amines is 1. The first kappa shape index (κ1) is 11.5. The molecule has 0 aromatic carbocycles. The summed E-state index contributed by atoms with van der Waals surface area (Å²) < 4.78 is 0. The highest BCUT2D eigenvalue weighted by atomic mass is 16.2. The lowest BCUT2D eigenvalue weighted by atomic mass is 10.0. The third-order valence-electron chi connectivity index (χ3n) is 3.99. The molecule has 2 unspecified atom stereocenters. The number of H-pyrrole nitrogens is 1. The van der Waals surface area contributed by atoms with Gasteiger partial charge in [-0.1, -0.05) is 0 Å². The number of likely N-dealkylation sites (tertiary alicyclic amines) is 2. The van der Waals surface area contributed by atoms with Gasteiger partial charge in [-0.2, -0.15) is 0 Å². The first-order valence-corrected chi connectivity index (χ1v) is 6.30. The van der Waals surface area contributed by atoms with Crippen LogP contribution in [-0.2, 0) is 0 Å². The van der Waals surface area contributed by atoms with Crippen LogP contribution in [0.5, 0.6) is 0 Å². The van der Waals surface area contributed by atoms with Crippen molar-refractivity contribution in [2.24, 2.45) is 11.8 Å². The maximum Gasteiger partial charge on any atom is 0.255 e. The SMILES string of the molecule is CN1CC2CN(C(=O)c3ccc(=O)[nH]c3)CC2C1. The van der Waals surface area contributed by atoms with Gasteiger partial charge in [0.15, 0.2) is 0 Å². The Kier molecular flexibility index (Phi) is 2.70. The van der Waals surface area contributed by atoms with Gasteiger partial charge in [0.2, 0.25) is 5.56 Å². The van der Waals surface area contributed by atoms with E-state index in [2.05, 4.69) is 16.9 Å². The van der Waals surface area contributed by atoms with Gasteiger partial charge in [0, 0.05) is 38.4 Å². The largest absolute Gasteiger partial charge is 0.338 e. The van der Waals surface area contributed by atoms with E-state index in [0.717, 1.165) is 26.2 Å². The fraction of sp³-hybridized carbons (Fsp3) is 0.538. The molecule has 2 fully saturated rings. The van der Waals surface area contributed by atoms with E-state index >= 15 is 0 Å². The number of pyridine rings is 1. The Balaban J connectivity index is 1.72. The van der Waals surface area contributed by atoms with Crippen molar-refractivity contribution in [2.45, 2.75) is 0 Å². The Morgan fingerprint density at radius 1 is 1.22 bits per heavy atom. The van der Waals surface area contributed by atoms with E-state index in [1.54, 1.807) is 6.07 Å². The van der Waals surface area contributed by atoms with Crippen molar-refractivity contribution in [1.82, 2.24) is 14.8 Å². The Morgan fingerprint density at radius 2 is 1.89 bits per heavy atom. The molecule has 2 saturated heterocycles. The number of carbonyl (C=O) groups excluding carboxylic acids is 1. The molecule has 1 N–H and O–H groups in total. The number of hydrogen-bond acceptors (Lipinski definition) is 3. The van der Waals surface area contributed by atoms with Gasteiger partial charge >= 0.3 is 0 Å². The first-order valence-electron chi connectivity index (χ1n) is 6.30. The zero-order chi connectivity index (χ0) is 12.7. The smallest absolute Gasteiger partial charge is 0.255 e. The molecule has 1 aromatic rings. The number of aromatic nitrogens is 1. The molecule has 2 aliphatic rings. The van der Waals surface area contributed by atoms with Crippen molar-refractivity contribution in [3.63, 3.8) is 0 Å². The number of nitrogens with zero attached hydrogens (tertiary/aromatic N) is 2. The topological polar surface area (TPSA) is 56.4 Å². The van der Waals surface area contributed by atoms with Crippen molar-refractivity contribution >= 4 is 5.91 Å². The predicted molar refractivity (Wildman–Crippen MR) is 67.4 cm³/mol. The van der Waals surface area contributed by atoms with E-state index in [-0.39, 0.29) is 11.5 Å². The highest BCUT2D eigenvalue weighted by Crippen LogP contribution is 2.30. The zero-order valence-electron chi connectivity index (χ0n) is 10.4. The number of amides is 1. The summed E-state index contributed by atoms with van der Waals surface area (Å²) in [6.07, 6.45) is 1.50. The second-order valence-electron chi connectivity index (χ2n) is 5.39. The van der Waals surface area contributed by atoms with Gasteiger partial charge in [-0.25, -0.2) is 0 Å². The van der Waals surface area contributed by atoms with E-state index in [9.17, 15) is 9.59 Å². The van der Waals surface area contributed by atoms with Crippen LogP contribution in [0.1, 0.15) is 10.4 Å². The van der Waals surface area contributed by atoms with Crippen LogP contribution in [0.3, 0.4) is 0 Å². The van der Waals surface area contributed by atoms with Gasteiger partial charge in [0.05, 0.1) is 5.56 Å². The maximum absolute atomic E-state index is 12.3. The van der Waals surface area contributed by atoms with E-state index in [1.165, 1.54) is 12.3 Å². The summed E-state index contributed by atoms with van der Waals surface area (Å²) in [6.45, 7) is 3.85. The average Bonchev–Trinajstić information content (AvgIpc) is 2.86. The molecule has 0 saturated carbocycles. The molecule has 0 radical (unpaired) electrons. The Morgan fingerprint density at radius 3 is 2.44 bits per heavy atom. The van der Waals surface area contributed by atoms with Crippen molar-refractivity contribution in [1.29, 1.82) is 0 Å². The predicted octanol–water partition coefficient (Wildman–Crippen LogP) is 0.00850. The molecular formula is C13H17N3O2. The summed E-state index contributed by atoms with van der Waals surface area (Å²) in [4.78, 5) is 30.0. The lowest BCUT2D eigenvalue weighted by molar-refractivity contribution is 0.0775. The third-order valence-corrected chi connectivity index (χ3v) is 3.99. The molecular weight excluding hydrogens is 230 g/mol. The van der Waals surface area contributed by atoms with Gasteiger partial charge in [0.1, 0.15) is 0 Å². The molecule has 3 heterocycles. The Hall–Kier alpha value is -1.62. The number of rotatable bonds is 1. The van der Waals surface area contributed by atoms with Crippen LogP contribution < -0.4 is 5.56 Å². The minimum absolute atomic E-state index is 0.0308. The van der Waals surface area contributed by atoms with Crippen LogP contribution in [0, 0.1) is 11.8 Å². The molecule has 96 valence electrons. The summed E-state index contributed by atoms with van der Waals surface area (Å²) in [7, 11) is 2.13. The van der Waals surface area contributed by atoms with Crippen LogP contribution in [-0.4, -0.2) is 53.9 Å². The van der Waals surface area contributed by atoms with Crippen molar-refractivity contribution in [2.75, 3.05) is 33.2 Å². The van der Waals surface area contributed by atoms with Crippen LogP contribution in [0.4, 0.5) is 0 Å². The summed E-state index contributed by atoms with van der Waals surface area (Å²) in [5, 5.41) is 0. The van der Waals surface area contributed by atoms with Crippen LogP contribution in [0.15, 0.2) is 23.1 Å². The third kappa shape index (κ3) is 1.95. The molecule has 5 nitrogen and oxygen atoms in total. The molecule has 5 heteroatoms. The van der Waals surface area contributed by atoms with E-state index in [1.807, 2.05) is 4.90 Å². The number of fused-ring (bicyclic) bond motifs is 1. The highest BCUT2D eigenvalue weighted by Gasteiger charge is 2.40. The second-order valence-corrected chi connectivity index (χ2v) is 5.39. The number of carbonyl (C=O) groups is 1. The Labute approximate surface area is 105 Å². The molecule has 0 bridgehead atoms. The summed E-state index contributed by atoms with van der Waals surface area (Å²) >= 11 is 0. The summed E-state index contributed by atoms with van der Waals surface area (Å²) in [5.41, 5.74) is 0.398. The van der Waals surface area contributed by atoms with Gasteiger partial charge < -0.3 is 14.8 Å². The highest BCUT2D eigenvalue weighted by molar-refractivity contribution is 5.94. The molecule has 2 atom stereocenters. The summed E-state index contributed by atoms with van der Waals surface area (Å²) in [6, 6.07) is 3.00. The number of hydrogen-bond donors (Lipinski definition) is 1. The van der Waals surface area contributed by atoms with Crippen LogP contribution >= 0.6 is 0 Å². The van der Waals surface area contributed by atoms with E-state index in [4.69, 9.17) is 0 Å². The molecule has 0 spiro atoms. The molecule has 1 aromatic heterocycles. The zero-order valence-corrected chi connectivity index (χ0v) is 10.4. The van der Waals surface area contributed by atoms with Crippen molar-refractivity contribution in [3.8, 4) is 0 Å². The second kappa shape index (κ2) is 4.24. The monoisotopic (exact) mass is 247 g/mol. The first-order chi connectivity index (χ1) is 8.63. The molecule has 0 aliphatic carbocycles. The molecule has 2 aliphatic heterocycles. The average molecular weight is 247 g/mol. The van der Waals surface area contributed by atoms with Gasteiger partial charge in [-0.3, -0.25) is 9.59 Å². The van der Waals surface area contributed by atoms with Crippen molar-refractivity contribution in [3.05, 3.63) is 34.2 Å². The standard InChI is InChI=1S/C13H17N3O2/c1-15-5-10-7-16(8-11(10)6-15)13(18)9-2-3-12(17)14-4-9/h2-4,10-11H,5-8H2,1H3,(H,14,17). The normalized spacial score (nSPS) is 27.5. The van der Waals surface area contributed by atoms with Crippen molar-refractivity contribution < 1.29 is 4.79 Å². The number of nitrogens with one attached hydrogen (secondary N) is 1. The fourth-order valence-corrected chi connectivity index (χ4v) is 3.12. The summed E-state index contributed by atoms with van der Waals surface area (Å²) in [5.74, 6) is 1.26. The van der Waals surface area contributed by atoms with E-state index < -0.39 is 0 Å². The van der Waals surface area contributed by atoms with Crippen LogP contribution in [0.25, 0.3) is 0 Å². The quantitative estimate of drug-likeness (QED) is 0.760.